The molecule has 8 N–H and O–H groups in total. The normalized spacial score (nSPS) is 36.9. The van der Waals surface area contributed by atoms with E-state index in [1.807, 2.05) is 0 Å². The van der Waals surface area contributed by atoms with Gasteiger partial charge >= 0.3 is 0 Å². The van der Waals surface area contributed by atoms with E-state index in [2.05, 4.69) is 10.0 Å². The Morgan fingerprint density at radius 3 is 1.75 bits per heavy atom. The average molecular weight is 819 g/mol. The van der Waals surface area contributed by atoms with E-state index in [0.717, 1.165) is 4.90 Å². The summed E-state index contributed by atoms with van der Waals surface area (Å²) in [6.45, 7) is 0.688. The highest BCUT2D eigenvalue weighted by Gasteiger charge is 2.58. The van der Waals surface area contributed by atoms with E-state index in [1.165, 1.54) is 19.1 Å². The number of hydrogen-bond donors (Lipinski definition) is 8. The zero-order chi connectivity index (χ0) is 41.2. The summed E-state index contributed by atoms with van der Waals surface area (Å²) in [5.74, 6) is -1.63. The molecule has 4 aliphatic rings. The Morgan fingerprint density at radius 1 is 0.667 bits per heavy atom. The molecule has 4 aliphatic heterocycles. The minimum absolute atomic E-state index is 0.0150. The number of ether oxygens (including phenoxy) is 9. The van der Waals surface area contributed by atoms with Crippen molar-refractivity contribution in [3.8, 4) is 0 Å². The van der Waals surface area contributed by atoms with E-state index >= 15 is 0 Å². The van der Waals surface area contributed by atoms with Gasteiger partial charge in [-0.25, -0.2) is 0 Å². The third-order valence-corrected chi connectivity index (χ3v) is 9.81. The van der Waals surface area contributed by atoms with E-state index in [4.69, 9.17) is 48.2 Å². The van der Waals surface area contributed by atoms with Crippen LogP contribution in [0, 0.1) is 0 Å². The first-order chi connectivity index (χ1) is 27.4. The highest BCUT2D eigenvalue weighted by molar-refractivity contribution is 6.21. The monoisotopic (exact) mass is 818 g/mol. The van der Waals surface area contributed by atoms with Crippen LogP contribution in [0.3, 0.4) is 0 Å². The molecule has 5 rings (SSSR count). The first-order valence-electron chi connectivity index (χ1n) is 18.3. The van der Waals surface area contributed by atoms with Crippen molar-refractivity contribution in [3.63, 3.8) is 0 Å². The molecule has 23 heteroatoms. The molecule has 1 aromatic carbocycles. The van der Waals surface area contributed by atoms with E-state index in [1.54, 1.807) is 12.1 Å². The van der Waals surface area contributed by atoms with E-state index in [0.29, 0.717) is 0 Å². The quantitative estimate of drug-likeness (QED) is 0.0205. The fraction of sp³-hybridized carbons (Fsp3) is 0.765. The number of carbonyl (C=O) groups excluding carboxylic acids is 2. The summed E-state index contributed by atoms with van der Waals surface area (Å²) < 4.78 is 52.1. The number of hydrogen-bond acceptors (Lipinski definition) is 20. The van der Waals surface area contributed by atoms with Gasteiger partial charge in [-0.1, -0.05) is 17.2 Å². The zero-order valence-corrected chi connectivity index (χ0v) is 30.9. The van der Waals surface area contributed by atoms with Gasteiger partial charge in [0, 0.05) is 11.5 Å². The Kier molecular flexibility index (Phi) is 16.9. The molecule has 1 aromatic rings. The number of imide groups is 1. The van der Waals surface area contributed by atoms with Crippen LogP contribution in [0.25, 0.3) is 10.4 Å². The Balaban J connectivity index is 1.40. The van der Waals surface area contributed by atoms with Crippen LogP contribution in [-0.4, -0.2) is 216 Å². The molecule has 2 amide bonds. The van der Waals surface area contributed by atoms with Crippen LogP contribution in [0.15, 0.2) is 29.4 Å². The SMILES string of the molecule is C[C@@H]1O[C@@H](O[C@H]2[C@H](O[C@@H]3O[C@H](CO)[C@H](O)[C@H](O)[C@H]3O)[C@@H](CO)O[C@@H](OCCOCCOCCOCCN=[N+]=[N-])[C@@H]2N2C(=O)c3ccccc3C2=O)[C@@H](O)[C@H](O)[C@@H]1O. The van der Waals surface area contributed by atoms with Crippen LogP contribution in [0.4, 0.5) is 0 Å². The van der Waals surface area contributed by atoms with Gasteiger partial charge in [0.15, 0.2) is 18.9 Å². The molecular weight excluding hydrogens is 768 g/mol. The summed E-state index contributed by atoms with van der Waals surface area (Å²) in [6, 6.07) is 4.28. The molecule has 3 fully saturated rings. The molecule has 320 valence electrons. The molecule has 0 aliphatic carbocycles. The number of nitrogens with zero attached hydrogens (tertiary/aromatic N) is 4. The number of aliphatic hydroxyl groups is 8. The van der Waals surface area contributed by atoms with Gasteiger partial charge in [-0.3, -0.25) is 14.5 Å². The largest absolute Gasteiger partial charge is 0.394 e. The number of carbonyl (C=O) groups is 2. The number of benzene rings is 1. The van der Waals surface area contributed by atoms with Gasteiger partial charge < -0.3 is 83.5 Å². The minimum atomic E-state index is -1.96. The topological polar surface area (TPSA) is 331 Å². The van der Waals surface area contributed by atoms with E-state index < -0.39 is 117 Å². The number of amides is 2. The third kappa shape index (κ3) is 10.4. The summed E-state index contributed by atoms with van der Waals surface area (Å²) in [6.07, 6.45) is -23.5. The van der Waals surface area contributed by atoms with Gasteiger partial charge in [0.05, 0.1) is 76.7 Å². The highest BCUT2D eigenvalue weighted by Crippen LogP contribution is 2.38. The molecule has 0 aromatic heterocycles. The molecule has 4 heterocycles. The van der Waals surface area contributed by atoms with Gasteiger partial charge in [-0.15, -0.1) is 0 Å². The first-order valence-corrected chi connectivity index (χ1v) is 18.3. The zero-order valence-electron chi connectivity index (χ0n) is 30.9. The second-order valence-corrected chi connectivity index (χ2v) is 13.5. The van der Waals surface area contributed by atoms with Gasteiger partial charge in [-0.05, 0) is 24.6 Å². The standard InChI is InChI=1S/C34H50N4O19/c1-16-22(41)24(43)26(45)33(53-16)57-29-21(38-30(47)17-4-2-3-5-18(17)31(38)48)32(52-13-12-51-11-10-50-9-8-49-7-6-36-37-35)55-20(15-40)28(29)56-34-27(46)25(44)23(42)19(14-39)54-34/h2-5,16,19-29,32-34,39-46H,6-15H2,1H3/t16-,19+,20+,21+,22+,23-,24+,25-,26-,27+,28+,29+,32+,33-,34-/m0/s1. The average Bonchev–Trinajstić information content (AvgIpc) is 3.46. The fourth-order valence-electron chi connectivity index (χ4n) is 6.78. The number of azide groups is 1. The van der Waals surface area contributed by atoms with Gasteiger partial charge in [0.2, 0.25) is 0 Å². The third-order valence-electron chi connectivity index (χ3n) is 9.81. The maximum atomic E-state index is 14.0. The molecule has 0 saturated carbocycles. The van der Waals surface area contributed by atoms with Crippen LogP contribution in [0.5, 0.6) is 0 Å². The van der Waals surface area contributed by atoms with Crippen LogP contribution < -0.4 is 0 Å². The molecule has 0 unspecified atom stereocenters. The lowest BCUT2D eigenvalue weighted by molar-refractivity contribution is -0.377. The fourth-order valence-corrected chi connectivity index (χ4v) is 6.78. The predicted molar refractivity (Wildman–Crippen MR) is 185 cm³/mol. The van der Waals surface area contributed by atoms with Gasteiger partial charge in [0.25, 0.3) is 11.8 Å². The summed E-state index contributed by atoms with van der Waals surface area (Å²) in [5, 5.41) is 87.5. The van der Waals surface area contributed by atoms with Crippen LogP contribution >= 0.6 is 0 Å². The molecule has 0 radical (unpaired) electrons. The van der Waals surface area contributed by atoms with Crippen molar-refractivity contribution in [2.45, 2.75) is 99.0 Å². The highest BCUT2D eigenvalue weighted by atomic mass is 16.8. The smallest absolute Gasteiger partial charge is 0.262 e. The summed E-state index contributed by atoms with van der Waals surface area (Å²) in [5.41, 5.74) is 8.32. The maximum Gasteiger partial charge on any atom is 0.262 e. The van der Waals surface area contributed by atoms with Crippen LogP contribution in [0.1, 0.15) is 27.6 Å². The summed E-state index contributed by atoms with van der Waals surface area (Å²) >= 11 is 0. The Morgan fingerprint density at radius 2 is 1.18 bits per heavy atom. The molecule has 0 bridgehead atoms. The first kappa shape index (κ1) is 45.1. The number of aliphatic hydroxyl groups excluding tert-OH is 8. The number of rotatable bonds is 20. The number of fused-ring (bicyclic) bond motifs is 1. The Hall–Kier alpha value is -3.01. The Labute approximate surface area is 325 Å². The molecule has 15 atom stereocenters. The summed E-state index contributed by atoms with van der Waals surface area (Å²) in [4.78, 5) is 31.5. The maximum absolute atomic E-state index is 14.0. The lowest BCUT2D eigenvalue weighted by Gasteiger charge is -2.51. The van der Waals surface area contributed by atoms with Crippen molar-refractivity contribution in [2.24, 2.45) is 5.11 Å². The second-order valence-electron chi connectivity index (χ2n) is 13.5. The molecular formula is C34H50N4O19. The van der Waals surface area contributed by atoms with E-state index in [-0.39, 0.29) is 63.9 Å². The van der Waals surface area contributed by atoms with Gasteiger partial charge in [-0.2, -0.15) is 0 Å². The van der Waals surface area contributed by atoms with Crippen molar-refractivity contribution in [2.75, 3.05) is 66.0 Å². The molecule has 3 saturated heterocycles. The second kappa shape index (κ2) is 21.3. The van der Waals surface area contributed by atoms with E-state index in [9.17, 15) is 50.4 Å². The van der Waals surface area contributed by atoms with Crippen molar-refractivity contribution in [1.82, 2.24) is 4.90 Å². The van der Waals surface area contributed by atoms with Crippen LogP contribution in [-0.2, 0) is 42.6 Å². The molecule has 0 spiro atoms. The van der Waals surface area contributed by atoms with Crippen LogP contribution in [0.2, 0.25) is 0 Å². The van der Waals surface area contributed by atoms with Crippen molar-refractivity contribution >= 4 is 11.8 Å². The molecule has 57 heavy (non-hydrogen) atoms. The molecule has 23 nitrogen and oxygen atoms in total. The van der Waals surface area contributed by atoms with Crippen molar-refractivity contribution in [3.05, 3.63) is 45.8 Å². The van der Waals surface area contributed by atoms with Crippen molar-refractivity contribution < 1.29 is 93.1 Å². The minimum Gasteiger partial charge on any atom is -0.394 e. The lowest BCUT2D eigenvalue weighted by atomic mass is 9.93. The summed E-state index contributed by atoms with van der Waals surface area (Å²) in [7, 11) is 0. The Bertz CT molecular complexity index is 1470. The lowest BCUT2D eigenvalue weighted by Crippen LogP contribution is -2.70. The predicted octanol–water partition coefficient (Wildman–Crippen LogP) is -3.86. The van der Waals surface area contributed by atoms with Gasteiger partial charge in [0.1, 0.15) is 67.1 Å². The van der Waals surface area contributed by atoms with Crippen molar-refractivity contribution in [1.29, 1.82) is 0 Å².